The Morgan fingerprint density at radius 2 is 0.180 bits per heavy atom. The average molecular weight is 731 g/mol. The Morgan fingerprint density at radius 1 is 0.120 bits per heavy atom. The summed E-state index contributed by atoms with van der Waals surface area (Å²) in [7, 11) is 0. The number of hydrogen-bond donors (Lipinski definition) is 14. The van der Waals surface area contributed by atoms with Crippen molar-refractivity contribution in [3.05, 3.63) is 0 Å². The van der Waals surface area contributed by atoms with Crippen LogP contribution in [0.3, 0.4) is 0 Å². The molecule has 316 valence electrons. The van der Waals surface area contributed by atoms with E-state index < -0.39 is 0 Å². The van der Waals surface area contributed by atoms with Gasteiger partial charge in [0.15, 0.2) is 0 Å². The molecule has 0 aliphatic heterocycles. The third kappa shape index (κ3) is 118. The summed E-state index contributed by atoms with van der Waals surface area (Å²) in [5.74, 6) is 0. The molecule has 14 nitrogen and oxygen atoms in total. The van der Waals surface area contributed by atoms with Crippen molar-refractivity contribution in [2.75, 3.05) is 78.5 Å². The van der Waals surface area contributed by atoms with Crippen LogP contribution in [-0.4, -0.2) is 78.5 Å². The highest BCUT2D eigenvalue weighted by Gasteiger charge is 1.87. The Kier molecular flexibility index (Phi) is 117. The standard InChI is InChI=1S/6C6H16N2.2H3N/c6*7-5-3-1-2-4-6-8;;/h6*1-8H2;2*1H3. The predicted molar refractivity (Wildman–Crippen MR) is 230 cm³/mol. The van der Waals surface area contributed by atoms with Crippen molar-refractivity contribution in [2.24, 2.45) is 68.8 Å². The molecule has 14 heteroatoms. The maximum atomic E-state index is 5.28. The molecular weight excluding hydrogens is 628 g/mol. The van der Waals surface area contributed by atoms with E-state index in [-0.39, 0.29) is 12.3 Å². The van der Waals surface area contributed by atoms with Gasteiger partial charge in [0, 0.05) is 0 Å². The summed E-state index contributed by atoms with van der Waals surface area (Å²) in [6.45, 7) is 9.89. The molecule has 0 rings (SSSR count). The zero-order chi connectivity index (χ0) is 37.5. The van der Waals surface area contributed by atoms with Crippen molar-refractivity contribution in [1.29, 1.82) is 0 Å². The highest BCUT2D eigenvalue weighted by Crippen LogP contribution is 1.98. The SMILES string of the molecule is N.N.NCCCCCCN.NCCCCCCN.NCCCCCCN.NCCCCCCN.NCCCCCCN.NCCCCCCN. The summed E-state index contributed by atoms with van der Waals surface area (Å²) in [6.07, 6.45) is 28.8. The normalized spacial score (nSPS) is 9.36. The summed E-state index contributed by atoms with van der Waals surface area (Å²) in [5, 5.41) is 0. The van der Waals surface area contributed by atoms with E-state index in [1.807, 2.05) is 0 Å². The fourth-order valence-corrected chi connectivity index (χ4v) is 3.85. The van der Waals surface area contributed by atoms with Crippen LogP contribution in [0.4, 0.5) is 0 Å². The molecule has 0 unspecified atom stereocenters. The van der Waals surface area contributed by atoms with E-state index in [9.17, 15) is 0 Å². The summed E-state index contributed by atoms with van der Waals surface area (Å²) in [6, 6.07) is 0. The van der Waals surface area contributed by atoms with Crippen LogP contribution < -0.4 is 81.1 Å². The van der Waals surface area contributed by atoms with E-state index in [1.54, 1.807) is 0 Å². The van der Waals surface area contributed by atoms with E-state index >= 15 is 0 Å². The highest BCUT2D eigenvalue weighted by atomic mass is 14.5. The van der Waals surface area contributed by atoms with Crippen molar-refractivity contribution in [3.63, 3.8) is 0 Å². The van der Waals surface area contributed by atoms with Crippen LogP contribution in [0.2, 0.25) is 0 Å². The molecule has 0 aromatic carbocycles. The Bertz CT molecular complexity index is 286. The predicted octanol–water partition coefficient (Wildman–Crippen LogP) is 3.11. The van der Waals surface area contributed by atoms with E-state index in [4.69, 9.17) is 68.8 Å². The lowest BCUT2D eigenvalue weighted by Gasteiger charge is -1.94. The van der Waals surface area contributed by atoms with Crippen molar-refractivity contribution < 1.29 is 0 Å². The fraction of sp³-hybridized carbons (Fsp3) is 1.00. The average Bonchev–Trinajstić information content (AvgIpc) is 3.11. The van der Waals surface area contributed by atoms with Gasteiger partial charge in [-0.1, -0.05) is 77.0 Å². The number of rotatable bonds is 30. The topological polar surface area (TPSA) is 382 Å². The molecule has 0 bridgehead atoms. The monoisotopic (exact) mass is 731 g/mol. The van der Waals surface area contributed by atoms with E-state index in [1.165, 1.54) is 77.0 Å². The van der Waals surface area contributed by atoms with E-state index in [2.05, 4.69) is 0 Å². The molecule has 0 saturated heterocycles. The van der Waals surface area contributed by atoms with E-state index in [0.29, 0.717) is 0 Å². The Labute approximate surface area is 313 Å². The van der Waals surface area contributed by atoms with Crippen LogP contribution in [0.25, 0.3) is 0 Å². The molecule has 0 aromatic rings. The van der Waals surface area contributed by atoms with Crippen LogP contribution in [0.5, 0.6) is 0 Å². The van der Waals surface area contributed by atoms with Gasteiger partial charge in [0.05, 0.1) is 0 Å². The van der Waals surface area contributed by atoms with Gasteiger partial charge in [-0.2, -0.15) is 0 Å². The van der Waals surface area contributed by atoms with Gasteiger partial charge in [0.25, 0.3) is 0 Å². The number of nitrogens with two attached hydrogens (primary N) is 12. The molecule has 0 aromatic heterocycles. The van der Waals surface area contributed by atoms with Crippen LogP contribution in [-0.2, 0) is 0 Å². The molecule has 0 fully saturated rings. The van der Waals surface area contributed by atoms with Crippen LogP contribution in [0, 0.1) is 0 Å². The van der Waals surface area contributed by atoms with Crippen molar-refractivity contribution in [1.82, 2.24) is 12.3 Å². The molecule has 0 aliphatic rings. The first kappa shape index (κ1) is 67.6. The van der Waals surface area contributed by atoms with Crippen LogP contribution in [0.15, 0.2) is 0 Å². The Morgan fingerprint density at radius 3 is 0.220 bits per heavy atom. The zero-order valence-electron chi connectivity index (χ0n) is 33.8. The first-order valence-corrected chi connectivity index (χ1v) is 19.9. The highest BCUT2D eigenvalue weighted by molar-refractivity contribution is 4.46. The molecule has 50 heavy (non-hydrogen) atoms. The maximum absolute atomic E-state index is 5.28. The minimum atomic E-state index is 0. The quantitative estimate of drug-likeness (QED) is 0.0472. The third-order valence-corrected chi connectivity index (χ3v) is 6.95. The van der Waals surface area contributed by atoms with Gasteiger partial charge >= 0.3 is 0 Å². The van der Waals surface area contributed by atoms with Crippen molar-refractivity contribution in [2.45, 2.75) is 154 Å². The lowest BCUT2D eigenvalue weighted by Crippen LogP contribution is -2.00. The molecule has 0 aliphatic carbocycles. The summed E-state index contributed by atoms with van der Waals surface area (Å²) in [5.41, 5.74) is 63.4. The largest absolute Gasteiger partial charge is 0.344 e. The fourth-order valence-electron chi connectivity index (χ4n) is 3.85. The summed E-state index contributed by atoms with van der Waals surface area (Å²) in [4.78, 5) is 0. The smallest absolute Gasteiger partial charge is 0.00773 e. The molecule has 0 heterocycles. The zero-order valence-corrected chi connectivity index (χ0v) is 33.8. The molecular formula is C36H102N14. The summed E-state index contributed by atoms with van der Waals surface area (Å²) >= 11 is 0. The second-order valence-corrected chi connectivity index (χ2v) is 11.9. The van der Waals surface area contributed by atoms with Gasteiger partial charge in [0.2, 0.25) is 0 Å². The van der Waals surface area contributed by atoms with E-state index in [0.717, 1.165) is 156 Å². The molecule has 30 N–H and O–H groups in total. The Hall–Kier alpha value is -0.560. The van der Waals surface area contributed by atoms with Gasteiger partial charge in [0.1, 0.15) is 0 Å². The minimum absolute atomic E-state index is 0. The molecule has 0 spiro atoms. The van der Waals surface area contributed by atoms with Crippen LogP contribution >= 0.6 is 0 Å². The molecule has 0 atom stereocenters. The van der Waals surface area contributed by atoms with Crippen LogP contribution in [0.1, 0.15) is 154 Å². The molecule has 0 radical (unpaired) electrons. The lowest BCUT2D eigenvalue weighted by molar-refractivity contribution is 0.653. The number of unbranched alkanes of at least 4 members (excludes halogenated alkanes) is 18. The minimum Gasteiger partial charge on any atom is -0.344 e. The van der Waals surface area contributed by atoms with Gasteiger partial charge in [-0.05, 0) is 156 Å². The second-order valence-electron chi connectivity index (χ2n) is 11.9. The number of hydrogen-bond acceptors (Lipinski definition) is 14. The first-order valence-electron chi connectivity index (χ1n) is 19.9. The van der Waals surface area contributed by atoms with Gasteiger partial charge in [-0.15, -0.1) is 0 Å². The Balaban J connectivity index is -0.0000000700. The second kappa shape index (κ2) is 86.8. The molecule has 0 amide bonds. The van der Waals surface area contributed by atoms with Crippen molar-refractivity contribution >= 4 is 0 Å². The first-order chi connectivity index (χ1) is 23.5. The lowest BCUT2D eigenvalue weighted by atomic mass is 10.2. The third-order valence-electron chi connectivity index (χ3n) is 6.95. The maximum Gasteiger partial charge on any atom is -0.00773 e. The van der Waals surface area contributed by atoms with Gasteiger partial charge < -0.3 is 81.1 Å². The van der Waals surface area contributed by atoms with Crippen molar-refractivity contribution in [3.8, 4) is 0 Å². The van der Waals surface area contributed by atoms with Gasteiger partial charge in [-0.3, -0.25) is 0 Å². The van der Waals surface area contributed by atoms with Gasteiger partial charge in [-0.25, -0.2) is 0 Å². The molecule has 0 saturated carbocycles. The summed E-state index contributed by atoms with van der Waals surface area (Å²) < 4.78 is 0.